The Balaban J connectivity index is 2.40. The third-order valence-corrected chi connectivity index (χ3v) is 2.92. The minimum atomic E-state index is -0.130. The molecule has 1 aromatic heterocycles. The molecule has 1 heterocycles. The van der Waals surface area contributed by atoms with Crippen molar-refractivity contribution in [1.29, 1.82) is 0 Å². The predicted molar refractivity (Wildman–Crippen MR) is 73.9 cm³/mol. The summed E-state index contributed by atoms with van der Waals surface area (Å²) in [6.45, 7) is 5.71. The first-order valence-corrected chi connectivity index (χ1v) is 6.17. The Labute approximate surface area is 109 Å². The summed E-state index contributed by atoms with van der Waals surface area (Å²) in [6.07, 6.45) is 1.65. The van der Waals surface area contributed by atoms with Crippen LogP contribution in [0.4, 0.5) is 5.69 Å². The lowest BCUT2D eigenvalue weighted by atomic mass is 10.3. The number of amides is 1. The van der Waals surface area contributed by atoms with Gasteiger partial charge in [0.05, 0.1) is 11.9 Å². The molecule has 5 nitrogen and oxygen atoms in total. The molecule has 1 aromatic rings. The molecule has 0 unspecified atom stereocenters. The summed E-state index contributed by atoms with van der Waals surface area (Å²) in [6, 6.07) is 4.03. The molecule has 0 saturated carbocycles. The van der Waals surface area contributed by atoms with Crippen LogP contribution in [0.5, 0.6) is 0 Å². The highest BCUT2D eigenvalue weighted by atomic mass is 16.1. The van der Waals surface area contributed by atoms with Crippen molar-refractivity contribution < 1.29 is 4.79 Å². The lowest BCUT2D eigenvalue weighted by Gasteiger charge is -2.20. The van der Waals surface area contributed by atoms with E-state index in [4.69, 9.17) is 0 Å². The normalized spacial score (nSPS) is 10.8. The molecule has 2 N–H and O–H groups in total. The number of nitrogens with one attached hydrogen (secondary N) is 2. The minimum Gasteiger partial charge on any atom is -0.387 e. The number of hydrogen-bond acceptors (Lipinski definition) is 4. The molecule has 1 rings (SSSR count). The van der Waals surface area contributed by atoms with Crippen molar-refractivity contribution in [2.45, 2.75) is 19.9 Å². The van der Waals surface area contributed by atoms with E-state index in [9.17, 15) is 4.79 Å². The fraction of sp³-hybridized carbons (Fsp3) is 0.538. The number of aromatic nitrogens is 1. The number of likely N-dealkylation sites (N-methyl/N-ethyl adjacent to an activating group) is 1. The van der Waals surface area contributed by atoms with Crippen LogP contribution in [0, 0.1) is 0 Å². The van der Waals surface area contributed by atoms with Crippen molar-refractivity contribution in [3.05, 3.63) is 24.0 Å². The summed E-state index contributed by atoms with van der Waals surface area (Å²) in [5.41, 5.74) is 1.34. The quantitative estimate of drug-likeness (QED) is 0.796. The third-order valence-electron chi connectivity index (χ3n) is 2.92. The van der Waals surface area contributed by atoms with Gasteiger partial charge in [-0.25, -0.2) is 4.98 Å². The summed E-state index contributed by atoms with van der Waals surface area (Å²) in [5, 5.41) is 5.82. The van der Waals surface area contributed by atoms with Gasteiger partial charge in [-0.3, -0.25) is 4.79 Å². The molecular formula is C13H22N4O. The van der Waals surface area contributed by atoms with Crippen molar-refractivity contribution >= 4 is 11.6 Å². The molecule has 18 heavy (non-hydrogen) atoms. The number of pyridine rings is 1. The highest BCUT2D eigenvalue weighted by Gasteiger charge is 2.07. The minimum absolute atomic E-state index is 0.130. The number of carbonyl (C=O) groups excluding carboxylic acids is 1. The third kappa shape index (κ3) is 4.33. The second kappa shape index (κ2) is 6.96. The first-order chi connectivity index (χ1) is 8.54. The van der Waals surface area contributed by atoms with Gasteiger partial charge in [-0.2, -0.15) is 0 Å². The first-order valence-electron chi connectivity index (χ1n) is 6.17. The summed E-state index contributed by atoms with van der Waals surface area (Å²) in [5.74, 6) is -0.130. The van der Waals surface area contributed by atoms with E-state index < -0.39 is 0 Å². The molecule has 0 aliphatic carbocycles. The van der Waals surface area contributed by atoms with Crippen LogP contribution in [-0.2, 0) is 0 Å². The van der Waals surface area contributed by atoms with Gasteiger partial charge in [0.25, 0.3) is 5.91 Å². The predicted octanol–water partition coefficient (Wildman–Crippen LogP) is 1.19. The number of hydrogen-bond donors (Lipinski definition) is 2. The Kier molecular flexibility index (Phi) is 5.58. The smallest absolute Gasteiger partial charge is 0.269 e. The largest absolute Gasteiger partial charge is 0.387 e. The van der Waals surface area contributed by atoms with Crippen molar-refractivity contribution in [2.24, 2.45) is 0 Å². The molecule has 0 aromatic carbocycles. The van der Waals surface area contributed by atoms with Crippen LogP contribution in [0.3, 0.4) is 0 Å². The molecular weight excluding hydrogens is 228 g/mol. The Morgan fingerprint density at radius 1 is 1.44 bits per heavy atom. The first kappa shape index (κ1) is 14.4. The highest BCUT2D eigenvalue weighted by molar-refractivity contribution is 5.92. The maximum absolute atomic E-state index is 11.8. The van der Waals surface area contributed by atoms with Gasteiger partial charge in [0.2, 0.25) is 0 Å². The van der Waals surface area contributed by atoms with Gasteiger partial charge in [0, 0.05) is 26.2 Å². The van der Waals surface area contributed by atoms with Gasteiger partial charge >= 0.3 is 0 Å². The molecule has 100 valence electrons. The zero-order valence-corrected chi connectivity index (χ0v) is 11.5. The number of nitrogens with zero attached hydrogens (tertiary/aromatic N) is 2. The van der Waals surface area contributed by atoms with E-state index in [0.29, 0.717) is 18.3 Å². The highest BCUT2D eigenvalue weighted by Crippen LogP contribution is 2.04. The number of rotatable bonds is 6. The summed E-state index contributed by atoms with van der Waals surface area (Å²) >= 11 is 0. The van der Waals surface area contributed by atoms with E-state index >= 15 is 0 Å². The maximum atomic E-state index is 11.8. The standard InChI is InChI=1S/C13H22N4O/c1-10(2)17(4)8-7-15-13(18)12-6-5-11(14-3)9-16-12/h5-6,9-10,14H,7-8H2,1-4H3,(H,15,18). The molecule has 0 bridgehead atoms. The molecule has 0 fully saturated rings. The lowest BCUT2D eigenvalue weighted by Crippen LogP contribution is -2.36. The van der Waals surface area contributed by atoms with E-state index in [-0.39, 0.29) is 5.91 Å². The van der Waals surface area contributed by atoms with Crippen LogP contribution in [-0.4, -0.2) is 49.0 Å². The SMILES string of the molecule is CNc1ccc(C(=O)NCCN(C)C(C)C)nc1. The van der Waals surface area contributed by atoms with Gasteiger partial charge < -0.3 is 15.5 Å². The fourth-order valence-electron chi connectivity index (χ4n) is 1.37. The molecule has 0 saturated heterocycles. The van der Waals surface area contributed by atoms with Crippen LogP contribution in [0.25, 0.3) is 0 Å². The van der Waals surface area contributed by atoms with Crippen LogP contribution >= 0.6 is 0 Å². The molecule has 0 aliphatic heterocycles. The lowest BCUT2D eigenvalue weighted by molar-refractivity contribution is 0.0943. The average Bonchev–Trinajstić information content (AvgIpc) is 2.38. The van der Waals surface area contributed by atoms with E-state index in [1.807, 2.05) is 20.2 Å². The summed E-state index contributed by atoms with van der Waals surface area (Å²) in [7, 11) is 3.86. The molecule has 0 radical (unpaired) electrons. The van der Waals surface area contributed by atoms with Gasteiger partial charge in [-0.05, 0) is 33.0 Å². The maximum Gasteiger partial charge on any atom is 0.269 e. The zero-order valence-electron chi connectivity index (χ0n) is 11.5. The van der Waals surface area contributed by atoms with E-state index in [1.165, 1.54) is 0 Å². The van der Waals surface area contributed by atoms with Crippen LogP contribution in [0.2, 0.25) is 0 Å². The van der Waals surface area contributed by atoms with E-state index in [0.717, 1.165) is 12.2 Å². The van der Waals surface area contributed by atoms with Gasteiger partial charge in [0.1, 0.15) is 5.69 Å². The molecule has 5 heteroatoms. The zero-order chi connectivity index (χ0) is 13.5. The second-order valence-corrected chi connectivity index (χ2v) is 4.51. The van der Waals surface area contributed by atoms with Crippen LogP contribution in [0.1, 0.15) is 24.3 Å². The monoisotopic (exact) mass is 250 g/mol. The van der Waals surface area contributed by atoms with Crippen molar-refractivity contribution in [3.63, 3.8) is 0 Å². The van der Waals surface area contributed by atoms with Crippen LogP contribution < -0.4 is 10.6 Å². The number of anilines is 1. The van der Waals surface area contributed by atoms with Gasteiger partial charge in [0.15, 0.2) is 0 Å². The Morgan fingerprint density at radius 3 is 2.67 bits per heavy atom. The van der Waals surface area contributed by atoms with Crippen molar-refractivity contribution in [2.75, 3.05) is 32.5 Å². The van der Waals surface area contributed by atoms with E-state index in [1.54, 1.807) is 12.3 Å². The Morgan fingerprint density at radius 2 is 2.17 bits per heavy atom. The van der Waals surface area contributed by atoms with Crippen molar-refractivity contribution in [1.82, 2.24) is 15.2 Å². The van der Waals surface area contributed by atoms with Crippen molar-refractivity contribution in [3.8, 4) is 0 Å². The summed E-state index contributed by atoms with van der Waals surface area (Å²) in [4.78, 5) is 18.1. The van der Waals surface area contributed by atoms with Crippen LogP contribution in [0.15, 0.2) is 18.3 Å². The molecule has 0 atom stereocenters. The topological polar surface area (TPSA) is 57.3 Å². The molecule has 0 spiro atoms. The van der Waals surface area contributed by atoms with E-state index in [2.05, 4.69) is 34.4 Å². The average molecular weight is 250 g/mol. The molecule has 1 amide bonds. The van der Waals surface area contributed by atoms with Gasteiger partial charge in [-0.1, -0.05) is 0 Å². The summed E-state index contributed by atoms with van der Waals surface area (Å²) < 4.78 is 0. The Bertz CT molecular complexity index is 375. The second-order valence-electron chi connectivity index (χ2n) is 4.51. The van der Waals surface area contributed by atoms with Gasteiger partial charge in [-0.15, -0.1) is 0 Å². The fourth-order valence-corrected chi connectivity index (χ4v) is 1.37. The number of carbonyl (C=O) groups is 1. The Hall–Kier alpha value is -1.62. The molecule has 0 aliphatic rings.